The first-order chi connectivity index (χ1) is 12.3. The van der Waals surface area contributed by atoms with Crippen molar-refractivity contribution in [2.75, 3.05) is 0 Å². The average molecular weight is 348 g/mol. The molecule has 4 heteroatoms. The van der Waals surface area contributed by atoms with Gasteiger partial charge in [-0.1, -0.05) is 54.6 Å². The number of carbonyl (C=O) groups is 1. The van der Waals surface area contributed by atoms with E-state index in [1.54, 1.807) is 17.5 Å². The number of thiazole rings is 1. The van der Waals surface area contributed by atoms with Crippen LogP contribution in [0, 0.1) is 5.92 Å². The van der Waals surface area contributed by atoms with E-state index in [0.29, 0.717) is 13.1 Å². The molecule has 0 spiro atoms. The van der Waals surface area contributed by atoms with Crippen molar-refractivity contribution < 1.29 is 4.79 Å². The molecular formula is C21H20N2OS. The lowest BCUT2D eigenvalue weighted by Gasteiger charge is -2.22. The second-order valence-electron chi connectivity index (χ2n) is 6.46. The van der Waals surface area contributed by atoms with Gasteiger partial charge < -0.3 is 4.90 Å². The van der Waals surface area contributed by atoms with Gasteiger partial charge in [0.2, 0.25) is 5.91 Å². The van der Waals surface area contributed by atoms with Crippen molar-refractivity contribution >= 4 is 17.2 Å². The summed E-state index contributed by atoms with van der Waals surface area (Å²) in [5, 5.41) is 2.96. The molecule has 1 aliphatic carbocycles. The van der Waals surface area contributed by atoms with Crippen molar-refractivity contribution in [3.63, 3.8) is 0 Å². The number of nitrogens with zero attached hydrogens (tertiary/aromatic N) is 2. The second-order valence-corrected chi connectivity index (χ2v) is 7.44. The number of rotatable bonds is 6. The molecule has 4 rings (SSSR count). The van der Waals surface area contributed by atoms with Gasteiger partial charge in [0.25, 0.3) is 0 Å². The Balaban J connectivity index is 1.50. The third-order valence-electron chi connectivity index (χ3n) is 4.48. The highest BCUT2D eigenvalue weighted by Gasteiger charge is 2.33. The second kappa shape index (κ2) is 7.19. The maximum absolute atomic E-state index is 12.6. The topological polar surface area (TPSA) is 33.2 Å². The highest BCUT2D eigenvalue weighted by molar-refractivity contribution is 7.09. The summed E-state index contributed by atoms with van der Waals surface area (Å²) in [6.45, 7) is 1.25. The molecule has 0 radical (unpaired) electrons. The number of hydrogen-bond acceptors (Lipinski definition) is 3. The molecule has 0 aliphatic heterocycles. The molecular weight excluding hydrogens is 328 g/mol. The molecule has 126 valence electrons. The van der Waals surface area contributed by atoms with Crippen LogP contribution in [0.5, 0.6) is 0 Å². The summed E-state index contributed by atoms with van der Waals surface area (Å²) in [4.78, 5) is 18.9. The van der Waals surface area contributed by atoms with Crippen molar-refractivity contribution in [3.05, 3.63) is 76.7 Å². The Hall–Kier alpha value is -2.46. The van der Waals surface area contributed by atoms with Crippen molar-refractivity contribution in [1.82, 2.24) is 9.88 Å². The first-order valence-electron chi connectivity index (χ1n) is 8.61. The van der Waals surface area contributed by atoms with Crippen LogP contribution in [0.4, 0.5) is 0 Å². The summed E-state index contributed by atoms with van der Waals surface area (Å²) < 4.78 is 0. The Labute approximate surface area is 152 Å². The van der Waals surface area contributed by atoms with Crippen molar-refractivity contribution in [2.45, 2.75) is 25.9 Å². The molecule has 1 saturated carbocycles. The zero-order valence-electron chi connectivity index (χ0n) is 14.0. The van der Waals surface area contributed by atoms with E-state index in [4.69, 9.17) is 0 Å². The summed E-state index contributed by atoms with van der Waals surface area (Å²) in [6.07, 6.45) is 3.86. The lowest BCUT2D eigenvalue weighted by Crippen LogP contribution is -2.31. The Morgan fingerprint density at radius 3 is 2.36 bits per heavy atom. The highest BCUT2D eigenvalue weighted by atomic mass is 32.1. The summed E-state index contributed by atoms with van der Waals surface area (Å²) in [7, 11) is 0. The van der Waals surface area contributed by atoms with Gasteiger partial charge in [-0.3, -0.25) is 4.79 Å². The molecule has 1 heterocycles. The average Bonchev–Trinajstić information content (AvgIpc) is 3.39. The third-order valence-corrected chi connectivity index (χ3v) is 5.25. The van der Waals surface area contributed by atoms with Gasteiger partial charge in [0, 0.05) is 24.0 Å². The largest absolute Gasteiger partial charge is 0.331 e. The normalized spacial score (nSPS) is 13.6. The summed E-state index contributed by atoms with van der Waals surface area (Å²) in [6, 6.07) is 18.9. The Morgan fingerprint density at radius 2 is 1.72 bits per heavy atom. The van der Waals surface area contributed by atoms with Crippen molar-refractivity contribution in [1.29, 1.82) is 0 Å². The van der Waals surface area contributed by atoms with Crippen LogP contribution in [-0.2, 0) is 17.9 Å². The van der Waals surface area contributed by atoms with Gasteiger partial charge in [-0.15, -0.1) is 11.3 Å². The third kappa shape index (κ3) is 3.97. The Bertz CT molecular complexity index is 824. The molecule has 1 aromatic heterocycles. The van der Waals surface area contributed by atoms with Crippen LogP contribution < -0.4 is 0 Å². The lowest BCUT2D eigenvalue weighted by atomic mass is 10.0. The molecule has 1 amide bonds. The maximum Gasteiger partial charge on any atom is 0.226 e. The lowest BCUT2D eigenvalue weighted by molar-refractivity contribution is -0.133. The van der Waals surface area contributed by atoms with Crippen molar-refractivity contribution in [3.8, 4) is 11.1 Å². The fourth-order valence-corrected chi connectivity index (χ4v) is 3.58. The molecule has 0 saturated heterocycles. The van der Waals surface area contributed by atoms with Crippen LogP contribution >= 0.6 is 11.3 Å². The molecule has 2 aromatic carbocycles. The zero-order chi connectivity index (χ0) is 17.1. The van der Waals surface area contributed by atoms with Gasteiger partial charge in [-0.05, 0) is 29.5 Å². The van der Waals surface area contributed by atoms with Crippen LogP contribution in [0.25, 0.3) is 11.1 Å². The van der Waals surface area contributed by atoms with E-state index in [1.165, 1.54) is 11.1 Å². The number of amides is 1. The molecule has 25 heavy (non-hydrogen) atoms. The van der Waals surface area contributed by atoms with Crippen LogP contribution in [-0.4, -0.2) is 15.8 Å². The number of aromatic nitrogens is 1. The molecule has 0 bridgehead atoms. The molecule has 0 N–H and O–H groups in total. The molecule has 3 nitrogen and oxygen atoms in total. The Morgan fingerprint density at radius 1 is 1.00 bits per heavy atom. The first kappa shape index (κ1) is 16.0. The quantitative estimate of drug-likeness (QED) is 0.644. The van der Waals surface area contributed by atoms with Gasteiger partial charge in [-0.25, -0.2) is 4.98 Å². The van der Waals surface area contributed by atoms with E-state index in [1.807, 2.05) is 28.5 Å². The van der Waals surface area contributed by atoms with E-state index in [2.05, 4.69) is 41.4 Å². The first-order valence-corrected chi connectivity index (χ1v) is 9.49. The van der Waals surface area contributed by atoms with Crippen molar-refractivity contribution in [2.24, 2.45) is 5.92 Å². The SMILES string of the molecule is O=C(C1CC1)N(Cc1ccc(-c2ccccc2)cc1)Cc1nccs1. The predicted octanol–water partition coefficient (Wildman–Crippen LogP) is 4.75. The van der Waals surface area contributed by atoms with Gasteiger partial charge in [0.1, 0.15) is 5.01 Å². The van der Waals surface area contributed by atoms with Crippen LogP contribution in [0.2, 0.25) is 0 Å². The van der Waals surface area contributed by atoms with Gasteiger partial charge in [-0.2, -0.15) is 0 Å². The van der Waals surface area contributed by atoms with E-state index in [0.717, 1.165) is 23.4 Å². The highest BCUT2D eigenvalue weighted by Crippen LogP contribution is 2.32. The number of benzene rings is 2. The van der Waals surface area contributed by atoms with Gasteiger partial charge in [0.05, 0.1) is 6.54 Å². The minimum absolute atomic E-state index is 0.226. The number of hydrogen-bond donors (Lipinski definition) is 0. The molecule has 1 fully saturated rings. The van der Waals surface area contributed by atoms with Crippen LogP contribution in [0.15, 0.2) is 66.2 Å². The summed E-state index contributed by atoms with van der Waals surface area (Å²) >= 11 is 1.61. The van der Waals surface area contributed by atoms with E-state index in [9.17, 15) is 4.79 Å². The van der Waals surface area contributed by atoms with E-state index in [-0.39, 0.29) is 11.8 Å². The Kier molecular flexibility index (Phi) is 4.61. The zero-order valence-corrected chi connectivity index (χ0v) is 14.8. The standard InChI is InChI=1S/C21H20N2OS/c24-21(19-10-11-19)23(15-20-22-12-13-25-20)14-16-6-8-18(9-7-16)17-4-2-1-3-5-17/h1-9,12-13,19H,10-11,14-15H2. The molecule has 3 aromatic rings. The maximum atomic E-state index is 12.6. The summed E-state index contributed by atoms with van der Waals surface area (Å²) in [5.74, 6) is 0.492. The monoisotopic (exact) mass is 348 g/mol. The van der Waals surface area contributed by atoms with Gasteiger partial charge in [0.15, 0.2) is 0 Å². The molecule has 0 atom stereocenters. The summed E-state index contributed by atoms with van der Waals surface area (Å²) in [5.41, 5.74) is 3.57. The molecule has 0 unspecified atom stereocenters. The minimum atomic E-state index is 0.226. The van der Waals surface area contributed by atoms with Crippen LogP contribution in [0.3, 0.4) is 0 Å². The van der Waals surface area contributed by atoms with E-state index >= 15 is 0 Å². The predicted molar refractivity (Wildman–Crippen MR) is 101 cm³/mol. The molecule has 1 aliphatic rings. The fraction of sp³-hybridized carbons (Fsp3) is 0.238. The smallest absolute Gasteiger partial charge is 0.226 e. The minimum Gasteiger partial charge on any atom is -0.331 e. The fourth-order valence-electron chi connectivity index (χ4n) is 2.95. The van der Waals surface area contributed by atoms with E-state index < -0.39 is 0 Å². The van der Waals surface area contributed by atoms with Gasteiger partial charge >= 0.3 is 0 Å². The number of carbonyl (C=O) groups excluding carboxylic acids is 1. The van der Waals surface area contributed by atoms with Crippen LogP contribution in [0.1, 0.15) is 23.4 Å².